The Balaban J connectivity index is 1.56. The second kappa shape index (κ2) is 7.72. The van der Waals surface area contributed by atoms with E-state index in [1.165, 1.54) is 28.8 Å². The van der Waals surface area contributed by atoms with Gasteiger partial charge >= 0.3 is 0 Å². The maximum absolute atomic E-state index is 14.0. The summed E-state index contributed by atoms with van der Waals surface area (Å²) < 4.78 is 20.1. The smallest absolute Gasteiger partial charge is 0.270 e. The summed E-state index contributed by atoms with van der Waals surface area (Å²) in [6.45, 7) is 0. The summed E-state index contributed by atoms with van der Waals surface area (Å²) in [5, 5.41) is 0.719. The van der Waals surface area contributed by atoms with Crippen LogP contribution in [0.2, 0.25) is 0 Å². The van der Waals surface area contributed by atoms with Crippen LogP contribution in [0.15, 0.2) is 86.0 Å². The minimum absolute atomic E-state index is 0.156. The van der Waals surface area contributed by atoms with Gasteiger partial charge < -0.3 is 4.42 Å². The Kier molecular flexibility index (Phi) is 5.15. The molecule has 0 radical (unpaired) electrons. The SMILES string of the molecule is O=C1/C(=C/c2ccc(Sc3ccccc3)o2)SC(=S)N1c1ccccc1F. The molecule has 1 aliphatic heterocycles. The van der Waals surface area contributed by atoms with Crippen LogP contribution in [0.3, 0.4) is 0 Å². The second-order valence-corrected chi connectivity index (χ2v) is 8.29. The van der Waals surface area contributed by atoms with Crippen molar-refractivity contribution in [2.75, 3.05) is 4.90 Å². The Morgan fingerprint density at radius 2 is 1.78 bits per heavy atom. The maximum Gasteiger partial charge on any atom is 0.270 e. The third kappa shape index (κ3) is 3.85. The van der Waals surface area contributed by atoms with Crippen molar-refractivity contribution in [3.05, 3.63) is 83.2 Å². The molecule has 7 heteroatoms. The quantitative estimate of drug-likeness (QED) is 0.388. The van der Waals surface area contributed by atoms with Crippen molar-refractivity contribution in [3.63, 3.8) is 0 Å². The molecule has 3 nitrogen and oxygen atoms in total. The highest BCUT2D eigenvalue weighted by molar-refractivity contribution is 8.27. The molecular weight excluding hydrogens is 401 g/mol. The predicted molar refractivity (Wildman–Crippen MR) is 111 cm³/mol. The lowest BCUT2D eigenvalue weighted by molar-refractivity contribution is -0.113. The van der Waals surface area contributed by atoms with E-state index in [4.69, 9.17) is 16.6 Å². The summed E-state index contributed by atoms with van der Waals surface area (Å²) in [7, 11) is 0. The summed E-state index contributed by atoms with van der Waals surface area (Å²) in [5.41, 5.74) is 0.156. The van der Waals surface area contributed by atoms with Gasteiger partial charge in [0.15, 0.2) is 9.41 Å². The van der Waals surface area contributed by atoms with Crippen LogP contribution in [0, 0.1) is 5.82 Å². The van der Waals surface area contributed by atoms with E-state index in [0.717, 1.165) is 21.7 Å². The molecule has 0 saturated carbocycles. The van der Waals surface area contributed by atoms with E-state index >= 15 is 0 Å². The zero-order chi connectivity index (χ0) is 18.8. The third-order valence-corrected chi connectivity index (χ3v) is 5.95. The first kappa shape index (κ1) is 18.0. The summed E-state index contributed by atoms with van der Waals surface area (Å²) in [6, 6.07) is 19.6. The number of hydrogen-bond acceptors (Lipinski definition) is 5. The van der Waals surface area contributed by atoms with Crippen LogP contribution in [-0.2, 0) is 4.79 Å². The number of halogens is 1. The van der Waals surface area contributed by atoms with Crippen LogP contribution >= 0.6 is 35.7 Å². The molecule has 2 heterocycles. The molecular formula is C20H12FNO2S3. The number of carbonyl (C=O) groups is 1. The normalized spacial score (nSPS) is 15.7. The second-order valence-electron chi connectivity index (χ2n) is 5.54. The first-order valence-electron chi connectivity index (χ1n) is 7.97. The summed E-state index contributed by atoms with van der Waals surface area (Å²) in [4.78, 5) is 15.4. The van der Waals surface area contributed by atoms with Gasteiger partial charge in [0.05, 0.1) is 10.6 Å². The average molecular weight is 414 g/mol. The van der Waals surface area contributed by atoms with Crippen molar-refractivity contribution in [3.8, 4) is 0 Å². The van der Waals surface area contributed by atoms with Crippen molar-refractivity contribution in [1.29, 1.82) is 0 Å². The van der Waals surface area contributed by atoms with Gasteiger partial charge in [-0.1, -0.05) is 66.1 Å². The van der Waals surface area contributed by atoms with Crippen LogP contribution in [0.4, 0.5) is 10.1 Å². The van der Waals surface area contributed by atoms with E-state index in [1.54, 1.807) is 24.3 Å². The Morgan fingerprint density at radius 1 is 1.04 bits per heavy atom. The van der Waals surface area contributed by atoms with E-state index in [2.05, 4.69) is 0 Å². The number of anilines is 1. The highest BCUT2D eigenvalue weighted by Crippen LogP contribution is 2.37. The first-order chi connectivity index (χ1) is 13.1. The van der Waals surface area contributed by atoms with Crippen LogP contribution in [0.5, 0.6) is 0 Å². The number of para-hydroxylation sites is 1. The van der Waals surface area contributed by atoms with E-state index in [1.807, 2.05) is 36.4 Å². The molecule has 2 aromatic carbocycles. The molecule has 1 aliphatic rings. The van der Waals surface area contributed by atoms with Crippen molar-refractivity contribution in [2.24, 2.45) is 0 Å². The van der Waals surface area contributed by atoms with E-state index in [0.29, 0.717) is 15.0 Å². The molecule has 3 aromatic rings. The number of thiocarbonyl (C=S) groups is 1. The molecule has 27 heavy (non-hydrogen) atoms. The fraction of sp³-hybridized carbons (Fsp3) is 0. The number of thioether (sulfide) groups is 1. The number of amides is 1. The third-order valence-electron chi connectivity index (χ3n) is 3.72. The molecule has 0 atom stereocenters. The Hall–Kier alpha value is -2.35. The standard InChI is InChI=1S/C20H12FNO2S3/c21-15-8-4-5-9-16(15)22-19(23)17(27-20(22)25)12-13-10-11-18(24-13)26-14-6-2-1-3-7-14/h1-12H/b17-12-. The fourth-order valence-corrected chi connectivity index (χ4v) is 4.57. The van der Waals surface area contributed by atoms with Crippen molar-refractivity contribution in [2.45, 2.75) is 9.99 Å². The molecule has 134 valence electrons. The highest BCUT2D eigenvalue weighted by atomic mass is 32.2. The maximum atomic E-state index is 14.0. The lowest BCUT2D eigenvalue weighted by atomic mass is 10.2. The molecule has 1 saturated heterocycles. The van der Waals surface area contributed by atoms with Gasteiger partial charge in [-0.15, -0.1) is 0 Å². The number of nitrogens with zero attached hydrogens (tertiary/aromatic N) is 1. The zero-order valence-corrected chi connectivity index (χ0v) is 16.2. The van der Waals surface area contributed by atoms with Crippen LogP contribution in [0.1, 0.15) is 5.76 Å². The molecule has 1 aromatic heterocycles. The van der Waals surface area contributed by atoms with Gasteiger partial charge in [0.1, 0.15) is 11.6 Å². The predicted octanol–water partition coefficient (Wildman–Crippen LogP) is 5.98. The topological polar surface area (TPSA) is 33.5 Å². The molecule has 0 spiro atoms. The van der Waals surface area contributed by atoms with Crippen molar-refractivity contribution >= 4 is 57.7 Å². The van der Waals surface area contributed by atoms with E-state index < -0.39 is 5.82 Å². The molecule has 4 rings (SSSR count). The molecule has 0 bridgehead atoms. The number of rotatable bonds is 4. The first-order valence-corrected chi connectivity index (χ1v) is 10.0. The number of hydrogen-bond donors (Lipinski definition) is 0. The van der Waals surface area contributed by atoms with E-state index in [-0.39, 0.29) is 11.6 Å². The van der Waals surface area contributed by atoms with Crippen LogP contribution < -0.4 is 4.90 Å². The lowest BCUT2D eigenvalue weighted by Gasteiger charge is -2.14. The minimum atomic E-state index is -0.491. The Labute approximate surface area is 169 Å². The molecule has 1 fully saturated rings. The number of carbonyl (C=O) groups excluding carboxylic acids is 1. The van der Waals surface area contributed by atoms with Gasteiger partial charge in [-0.2, -0.15) is 0 Å². The Morgan fingerprint density at radius 3 is 2.56 bits per heavy atom. The van der Waals surface area contributed by atoms with Crippen LogP contribution in [-0.4, -0.2) is 10.2 Å². The van der Waals surface area contributed by atoms with Crippen molar-refractivity contribution in [1.82, 2.24) is 0 Å². The van der Waals surface area contributed by atoms with Gasteiger partial charge in [-0.3, -0.25) is 9.69 Å². The van der Waals surface area contributed by atoms with Gasteiger partial charge in [0.2, 0.25) is 0 Å². The largest absolute Gasteiger partial charge is 0.450 e. The van der Waals surface area contributed by atoms with Gasteiger partial charge in [0.25, 0.3) is 5.91 Å². The zero-order valence-electron chi connectivity index (χ0n) is 13.8. The summed E-state index contributed by atoms with van der Waals surface area (Å²) >= 11 is 7.89. The fourth-order valence-electron chi connectivity index (χ4n) is 2.51. The highest BCUT2D eigenvalue weighted by Gasteiger charge is 2.34. The average Bonchev–Trinajstić information content (AvgIpc) is 3.21. The van der Waals surface area contributed by atoms with Crippen LogP contribution in [0.25, 0.3) is 6.08 Å². The van der Waals surface area contributed by atoms with Crippen molar-refractivity contribution < 1.29 is 13.6 Å². The van der Waals surface area contributed by atoms with E-state index in [9.17, 15) is 9.18 Å². The number of benzene rings is 2. The minimum Gasteiger partial charge on any atom is -0.450 e. The summed E-state index contributed by atoms with van der Waals surface area (Å²) in [6.07, 6.45) is 1.63. The molecule has 0 unspecified atom stereocenters. The monoisotopic (exact) mass is 413 g/mol. The van der Waals surface area contributed by atoms with Gasteiger partial charge in [-0.05, 0) is 36.4 Å². The lowest BCUT2D eigenvalue weighted by Crippen LogP contribution is -2.28. The van der Waals surface area contributed by atoms with Gasteiger partial charge in [-0.25, -0.2) is 4.39 Å². The molecule has 0 N–H and O–H groups in total. The molecule has 1 amide bonds. The Bertz CT molecular complexity index is 1050. The number of furan rings is 1. The molecule has 0 aliphatic carbocycles. The van der Waals surface area contributed by atoms with Gasteiger partial charge in [0, 0.05) is 11.0 Å². The summed E-state index contributed by atoms with van der Waals surface area (Å²) in [5.74, 6) is -0.305.